The van der Waals surface area contributed by atoms with Crippen molar-refractivity contribution in [2.45, 2.75) is 12.3 Å². The Hall–Kier alpha value is -4.37. The van der Waals surface area contributed by atoms with Crippen molar-refractivity contribution < 1.29 is 9.50 Å². The first-order chi connectivity index (χ1) is 16.0. The fraction of sp³-hybridized carbons (Fsp3) is 0.111. The van der Waals surface area contributed by atoms with Gasteiger partial charge in [0.2, 0.25) is 0 Å². The van der Waals surface area contributed by atoms with E-state index in [1.165, 1.54) is 16.7 Å². The van der Waals surface area contributed by atoms with Crippen LogP contribution in [0, 0.1) is 17.1 Å². The highest BCUT2D eigenvalue weighted by Gasteiger charge is 2.30. The average molecular weight is 437 g/mol. The largest absolute Gasteiger partial charge is 0.507 e. The van der Waals surface area contributed by atoms with Crippen molar-refractivity contribution in [3.8, 4) is 11.8 Å². The maximum atomic E-state index is 14.3. The molecule has 5 rings (SSSR count). The number of hydrogen-bond acceptors (Lipinski definition) is 3. The zero-order chi connectivity index (χ0) is 23.1. The first-order valence-corrected chi connectivity index (χ1v) is 10.5. The van der Waals surface area contributed by atoms with E-state index in [1.807, 2.05) is 24.3 Å². The van der Waals surface area contributed by atoms with Crippen LogP contribution in [0.4, 0.5) is 4.39 Å². The van der Waals surface area contributed by atoms with E-state index < -0.39 is 11.7 Å². The normalized spacial score (nSPS) is 12.2. The number of pyridine rings is 1. The Kier molecular flexibility index (Phi) is 4.95. The van der Waals surface area contributed by atoms with Crippen molar-refractivity contribution >= 4 is 21.8 Å². The molecule has 3 aromatic carbocycles. The number of aromatic hydroxyl groups is 1. The topological polar surface area (TPSA) is 81.8 Å². The van der Waals surface area contributed by atoms with E-state index in [2.05, 4.69) is 11.1 Å². The van der Waals surface area contributed by atoms with Crippen LogP contribution in [0.2, 0.25) is 0 Å². The summed E-state index contributed by atoms with van der Waals surface area (Å²) in [5.74, 6) is -1.41. The number of fused-ring (bicyclic) bond motifs is 2. The lowest BCUT2D eigenvalue weighted by atomic mass is 9.85. The third kappa shape index (κ3) is 3.26. The number of nitriles is 1. The lowest BCUT2D eigenvalue weighted by molar-refractivity contribution is 0.470. The summed E-state index contributed by atoms with van der Waals surface area (Å²) in [6.07, 6.45) is 0.0970. The summed E-state index contributed by atoms with van der Waals surface area (Å²) < 4.78 is 15.8. The third-order valence-corrected chi connectivity index (χ3v) is 6.17. The van der Waals surface area contributed by atoms with Crippen molar-refractivity contribution in [2.75, 3.05) is 0 Å². The van der Waals surface area contributed by atoms with E-state index in [9.17, 15) is 19.6 Å². The Morgan fingerprint density at radius 3 is 2.55 bits per heavy atom. The fourth-order valence-corrected chi connectivity index (χ4v) is 4.66. The number of hydrogen-bond donors (Lipinski definition) is 2. The van der Waals surface area contributed by atoms with Crippen molar-refractivity contribution in [1.29, 1.82) is 5.26 Å². The zero-order valence-electron chi connectivity index (χ0n) is 17.8. The Morgan fingerprint density at radius 2 is 1.79 bits per heavy atom. The minimum atomic E-state index is -0.806. The monoisotopic (exact) mass is 437 g/mol. The van der Waals surface area contributed by atoms with Gasteiger partial charge in [0.05, 0.1) is 29.5 Å². The molecule has 2 heterocycles. The van der Waals surface area contributed by atoms with Crippen LogP contribution >= 0.6 is 0 Å². The van der Waals surface area contributed by atoms with Gasteiger partial charge in [-0.05, 0) is 41.5 Å². The van der Waals surface area contributed by atoms with E-state index in [0.29, 0.717) is 22.2 Å². The number of aryl methyl sites for hydroxylation is 1. The molecular weight excluding hydrogens is 417 g/mol. The number of nitrogens with zero attached hydrogens (tertiary/aromatic N) is 2. The van der Waals surface area contributed by atoms with Crippen LogP contribution in [-0.4, -0.2) is 14.7 Å². The maximum absolute atomic E-state index is 14.3. The molecule has 0 fully saturated rings. The number of para-hydroxylation sites is 2. The van der Waals surface area contributed by atoms with Gasteiger partial charge in [0.1, 0.15) is 11.6 Å². The highest BCUT2D eigenvalue weighted by molar-refractivity contribution is 5.88. The van der Waals surface area contributed by atoms with E-state index in [4.69, 9.17) is 0 Å². The maximum Gasteiger partial charge on any atom is 0.258 e. The quantitative estimate of drug-likeness (QED) is 0.410. The van der Waals surface area contributed by atoms with Crippen LogP contribution in [-0.2, 0) is 13.5 Å². The van der Waals surface area contributed by atoms with E-state index in [-0.39, 0.29) is 23.3 Å². The van der Waals surface area contributed by atoms with Gasteiger partial charge in [0, 0.05) is 29.0 Å². The molecule has 0 saturated carbocycles. The predicted molar refractivity (Wildman–Crippen MR) is 126 cm³/mol. The molecule has 0 aliphatic rings. The SMILES string of the molecule is Cn1c(=O)c(C(c2cccc(F)c2)c2[nH]c3ccccc3c2CC#N)c(O)c2ccccc21. The lowest BCUT2D eigenvalue weighted by Crippen LogP contribution is -2.25. The fourth-order valence-electron chi connectivity index (χ4n) is 4.66. The van der Waals surface area contributed by atoms with Crippen molar-refractivity contribution in [2.24, 2.45) is 7.05 Å². The minimum absolute atomic E-state index is 0.0970. The van der Waals surface area contributed by atoms with Crippen LogP contribution in [0.15, 0.2) is 77.6 Å². The van der Waals surface area contributed by atoms with Crippen LogP contribution in [0.1, 0.15) is 28.3 Å². The van der Waals surface area contributed by atoms with Gasteiger partial charge in [-0.3, -0.25) is 4.79 Å². The van der Waals surface area contributed by atoms with Crippen LogP contribution in [0.3, 0.4) is 0 Å². The van der Waals surface area contributed by atoms with Gasteiger partial charge >= 0.3 is 0 Å². The van der Waals surface area contributed by atoms with Crippen molar-refractivity contribution in [1.82, 2.24) is 9.55 Å². The van der Waals surface area contributed by atoms with Gasteiger partial charge in [-0.1, -0.05) is 42.5 Å². The summed E-state index contributed by atoms with van der Waals surface area (Å²) in [5, 5.41) is 22.2. The van der Waals surface area contributed by atoms with Gasteiger partial charge in [-0.2, -0.15) is 5.26 Å². The zero-order valence-corrected chi connectivity index (χ0v) is 17.8. The van der Waals surface area contributed by atoms with Gasteiger partial charge in [0.25, 0.3) is 5.56 Å². The van der Waals surface area contributed by atoms with Gasteiger partial charge in [-0.15, -0.1) is 0 Å². The van der Waals surface area contributed by atoms with Gasteiger partial charge in [0.15, 0.2) is 0 Å². The molecule has 5 nitrogen and oxygen atoms in total. The van der Waals surface area contributed by atoms with Crippen molar-refractivity contribution in [3.05, 3.63) is 111 Å². The molecule has 0 aliphatic carbocycles. The number of aromatic nitrogens is 2. The minimum Gasteiger partial charge on any atom is -0.507 e. The number of aromatic amines is 1. The number of nitrogens with one attached hydrogen (secondary N) is 1. The van der Waals surface area contributed by atoms with Crippen LogP contribution in [0.5, 0.6) is 5.75 Å². The van der Waals surface area contributed by atoms with Crippen LogP contribution < -0.4 is 5.56 Å². The Bertz CT molecular complexity index is 1620. The second-order valence-corrected chi connectivity index (χ2v) is 8.03. The van der Waals surface area contributed by atoms with Gasteiger partial charge in [-0.25, -0.2) is 4.39 Å². The molecule has 0 bridgehead atoms. The number of H-pyrrole nitrogens is 1. The molecule has 33 heavy (non-hydrogen) atoms. The molecule has 0 amide bonds. The molecule has 0 spiro atoms. The summed E-state index contributed by atoms with van der Waals surface area (Å²) in [6.45, 7) is 0. The first kappa shape index (κ1) is 20.5. The van der Waals surface area contributed by atoms with Crippen molar-refractivity contribution in [3.63, 3.8) is 0 Å². The molecular formula is C27H20FN3O2. The second-order valence-electron chi connectivity index (χ2n) is 8.03. The Morgan fingerprint density at radius 1 is 1.06 bits per heavy atom. The summed E-state index contributed by atoms with van der Waals surface area (Å²) in [4.78, 5) is 16.9. The average Bonchev–Trinajstić information content (AvgIpc) is 3.18. The highest BCUT2D eigenvalue weighted by Crippen LogP contribution is 2.41. The molecule has 1 atom stereocenters. The van der Waals surface area contributed by atoms with Gasteiger partial charge < -0.3 is 14.7 Å². The number of rotatable bonds is 4. The summed E-state index contributed by atoms with van der Waals surface area (Å²) in [7, 11) is 1.65. The molecule has 1 unspecified atom stereocenters. The van der Waals surface area contributed by atoms with E-state index in [0.717, 1.165) is 16.5 Å². The molecule has 2 N–H and O–H groups in total. The number of halogens is 1. The van der Waals surface area contributed by atoms with E-state index in [1.54, 1.807) is 43.4 Å². The molecule has 0 aliphatic heterocycles. The third-order valence-electron chi connectivity index (χ3n) is 6.17. The molecule has 5 aromatic rings. The highest BCUT2D eigenvalue weighted by atomic mass is 19.1. The standard InChI is InChI=1S/C27H20FN3O2/c1-31-22-12-5-3-10-20(22)26(32)24(27(31)33)23(16-7-6-8-17(28)15-16)25-19(13-14-29)18-9-2-4-11-21(18)30-25/h2-12,15,23,30,32H,13H2,1H3. The Balaban J connectivity index is 1.92. The Labute approximate surface area is 189 Å². The predicted octanol–water partition coefficient (Wildman–Crippen LogP) is 5.11. The molecule has 162 valence electrons. The molecule has 0 saturated heterocycles. The second kappa shape index (κ2) is 7.95. The van der Waals surface area contributed by atoms with E-state index >= 15 is 0 Å². The summed E-state index contributed by atoms with van der Waals surface area (Å²) in [5.41, 5.74) is 2.95. The molecule has 6 heteroatoms. The smallest absolute Gasteiger partial charge is 0.258 e. The van der Waals surface area contributed by atoms with Crippen LogP contribution in [0.25, 0.3) is 21.8 Å². The summed E-state index contributed by atoms with van der Waals surface area (Å²) >= 11 is 0. The lowest BCUT2D eigenvalue weighted by Gasteiger charge is -2.21. The molecule has 2 aromatic heterocycles. The molecule has 0 radical (unpaired) electrons. The number of benzene rings is 3. The summed E-state index contributed by atoms with van der Waals surface area (Å²) in [6, 6.07) is 22.9. The first-order valence-electron chi connectivity index (χ1n) is 10.5.